The number of aromatic nitrogens is 2. The molecule has 0 atom stereocenters. The standard InChI is InChI=1S/C22H21N3O3/c1-27-18-8-5-9-19(15-18)28-21-11-10-20(23-24-21)16-6-4-7-17(14-16)22(26)25-12-2-3-13-25/h4-11,14-15H,2-3,12-13H2,1H3. The molecule has 1 fully saturated rings. The summed E-state index contributed by atoms with van der Waals surface area (Å²) in [5, 5.41) is 8.40. The number of benzene rings is 2. The van der Waals surface area contributed by atoms with Gasteiger partial charge in [-0.3, -0.25) is 4.79 Å². The maximum Gasteiger partial charge on any atom is 0.253 e. The van der Waals surface area contributed by atoms with Gasteiger partial charge >= 0.3 is 0 Å². The van der Waals surface area contributed by atoms with Gasteiger partial charge in [0.15, 0.2) is 0 Å². The summed E-state index contributed by atoms with van der Waals surface area (Å²) in [6, 6.07) is 18.4. The van der Waals surface area contributed by atoms with Crippen LogP contribution in [0.2, 0.25) is 0 Å². The van der Waals surface area contributed by atoms with Gasteiger partial charge < -0.3 is 14.4 Å². The minimum atomic E-state index is 0.0743. The summed E-state index contributed by atoms with van der Waals surface area (Å²) in [6.07, 6.45) is 2.15. The number of ether oxygens (including phenoxy) is 2. The fraction of sp³-hybridized carbons (Fsp3) is 0.227. The quantitative estimate of drug-likeness (QED) is 0.669. The Labute approximate surface area is 163 Å². The zero-order chi connectivity index (χ0) is 19.3. The summed E-state index contributed by atoms with van der Waals surface area (Å²) in [5.74, 6) is 1.80. The molecule has 6 heteroatoms. The molecule has 1 amide bonds. The fourth-order valence-corrected chi connectivity index (χ4v) is 3.23. The van der Waals surface area contributed by atoms with Crippen LogP contribution in [-0.2, 0) is 0 Å². The van der Waals surface area contributed by atoms with Gasteiger partial charge in [-0.05, 0) is 43.2 Å². The van der Waals surface area contributed by atoms with Crippen molar-refractivity contribution in [3.05, 3.63) is 66.2 Å². The number of likely N-dealkylation sites (tertiary alicyclic amines) is 1. The van der Waals surface area contributed by atoms with Crippen LogP contribution in [0, 0.1) is 0 Å². The van der Waals surface area contributed by atoms with E-state index in [-0.39, 0.29) is 5.91 Å². The molecule has 0 spiro atoms. The monoisotopic (exact) mass is 375 g/mol. The molecule has 2 aromatic carbocycles. The molecular formula is C22H21N3O3. The molecule has 1 saturated heterocycles. The van der Waals surface area contributed by atoms with Crippen LogP contribution in [0.1, 0.15) is 23.2 Å². The molecule has 2 heterocycles. The first-order valence-electron chi connectivity index (χ1n) is 9.28. The second-order valence-electron chi connectivity index (χ2n) is 6.62. The topological polar surface area (TPSA) is 64.6 Å². The van der Waals surface area contributed by atoms with Gasteiger partial charge in [0, 0.05) is 36.3 Å². The summed E-state index contributed by atoms with van der Waals surface area (Å²) in [5.41, 5.74) is 2.22. The normalized spacial score (nSPS) is 13.4. The molecule has 0 unspecified atom stereocenters. The van der Waals surface area contributed by atoms with Gasteiger partial charge in [-0.2, -0.15) is 0 Å². The average Bonchev–Trinajstić information content (AvgIpc) is 3.29. The van der Waals surface area contributed by atoms with Gasteiger partial charge in [0.1, 0.15) is 11.5 Å². The zero-order valence-electron chi connectivity index (χ0n) is 15.7. The minimum Gasteiger partial charge on any atom is -0.497 e. The van der Waals surface area contributed by atoms with Crippen molar-refractivity contribution in [3.63, 3.8) is 0 Å². The number of carbonyl (C=O) groups excluding carboxylic acids is 1. The third kappa shape index (κ3) is 3.96. The smallest absolute Gasteiger partial charge is 0.253 e. The van der Waals surface area contributed by atoms with Crippen LogP contribution in [0.5, 0.6) is 17.4 Å². The maximum absolute atomic E-state index is 12.6. The molecule has 1 aliphatic heterocycles. The van der Waals surface area contributed by atoms with E-state index in [9.17, 15) is 4.79 Å². The van der Waals surface area contributed by atoms with Crippen LogP contribution in [0.25, 0.3) is 11.3 Å². The SMILES string of the molecule is COc1cccc(Oc2ccc(-c3cccc(C(=O)N4CCCC4)c3)nn2)c1. The lowest BCUT2D eigenvalue weighted by Crippen LogP contribution is -2.27. The van der Waals surface area contributed by atoms with E-state index >= 15 is 0 Å². The fourth-order valence-electron chi connectivity index (χ4n) is 3.23. The van der Waals surface area contributed by atoms with E-state index in [0.29, 0.717) is 28.6 Å². The van der Waals surface area contributed by atoms with E-state index in [1.807, 2.05) is 53.4 Å². The predicted octanol–water partition coefficient (Wildman–Crippen LogP) is 4.18. The Hall–Kier alpha value is -3.41. The third-order valence-electron chi connectivity index (χ3n) is 4.70. The first-order valence-corrected chi connectivity index (χ1v) is 9.28. The number of methoxy groups -OCH3 is 1. The predicted molar refractivity (Wildman–Crippen MR) is 106 cm³/mol. The Morgan fingerprint density at radius 3 is 2.46 bits per heavy atom. The average molecular weight is 375 g/mol. The van der Waals surface area contributed by atoms with E-state index in [1.165, 1.54) is 0 Å². The van der Waals surface area contributed by atoms with Gasteiger partial charge in [0.2, 0.25) is 5.88 Å². The highest BCUT2D eigenvalue weighted by atomic mass is 16.5. The Bertz CT molecular complexity index is 967. The Kier molecular flexibility index (Phi) is 5.19. The number of amides is 1. The van der Waals surface area contributed by atoms with Crippen LogP contribution >= 0.6 is 0 Å². The van der Waals surface area contributed by atoms with Crippen LogP contribution in [-0.4, -0.2) is 41.2 Å². The van der Waals surface area contributed by atoms with E-state index in [0.717, 1.165) is 31.5 Å². The molecular weight excluding hydrogens is 354 g/mol. The minimum absolute atomic E-state index is 0.0743. The summed E-state index contributed by atoms with van der Waals surface area (Å²) in [7, 11) is 1.61. The van der Waals surface area contributed by atoms with Crippen molar-refractivity contribution in [1.82, 2.24) is 15.1 Å². The summed E-state index contributed by atoms with van der Waals surface area (Å²) >= 11 is 0. The van der Waals surface area contributed by atoms with Crippen LogP contribution < -0.4 is 9.47 Å². The van der Waals surface area contributed by atoms with Crippen LogP contribution in [0.4, 0.5) is 0 Å². The lowest BCUT2D eigenvalue weighted by molar-refractivity contribution is 0.0793. The molecule has 28 heavy (non-hydrogen) atoms. The van der Waals surface area contributed by atoms with Crippen molar-refractivity contribution < 1.29 is 14.3 Å². The molecule has 3 aromatic rings. The van der Waals surface area contributed by atoms with E-state index in [4.69, 9.17) is 9.47 Å². The van der Waals surface area contributed by atoms with Gasteiger partial charge in [-0.15, -0.1) is 10.2 Å². The lowest BCUT2D eigenvalue weighted by atomic mass is 10.1. The highest BCUT2D eigenvalue weighted by Gasteiger charge is 2.19. The van der Waals surface area contributed by atoms with Crippen molar-refractivity contribution in [3.8, 4) is 28.6 Å². The number of hydrogen-bond donors (Lipinski definition) is 0. The van der Waals surface area contributed by atoms with Gasteiger partial charge in [0.05, 0.1) is 12.8 Å². The molecule has 0 aliphatic carbocycles. The molecule has 0 N–H and O–H groups in total. The molecule has 0 bridgehead atoms. The Balaban J connectivity index is 1.50. The molecule has 6 nitrogen and oxygen atoms in total. The first-order chi connectivity index (χ1) is 13.7. The van der Waals surface area contributed by atoms with Crippen molar-refractivity contribution in [2.45, 2.75) is 12.8 Å². The second kappa shape index (κ2) is 8.08. The van der Waals surface area contributed by atoms with Crippen LogP contribution in [0.3, 0.4) is 0 Å². The first kappa shape index (κ1) is 18.0. The van der Waals surface area contributed by atoms with Gasteiger partial charge in [0.25, 0.3) is 5.91 Å². The third-order valence-corrected chi connectivity index (χ3v) is 4.70. The summed E-state index contributed by atoms with van der Waals surface area (Å²) in [4.78, 5) is 14.5. The molecule has 0 radical (unpaired) electrons. The molecule has 1 aliphatic rings. The number of hydrogen-bond acceptors (Lipinski definition) is 5. The molecule has 0 saturated carbocycles. The highest BCUT2D eigenvalue weighted by Crippen LogP contribution is 2.25. The number of carbonyl (C=O) groups is 1. The maximum atomic E-state index is 12.6. The van der Waals surface area contributed by atoms with Crippen molar-refractivity contribution in [1.29, 1.82) is 0 Å². The van der Waals surface area contributed by atoms with Crippen molar-refractivity contribution in [2.75, 3.05) is 20.2 Å². The van der Waals surface area contributed by atoms with Crippen molar-refractivity contribution in [2.24, 2.45) is 0 Å². The molecule has 142 valence electrons. The van der Waals surface area contributed by atoms with E-state index in [1.54, 1.807) is 19.2 Å². The van der Waals surface area contributed by atoms with Gasteiger partial charge in [-0.1, -0.05) is 18.2 Å². The molecule has 4 rings (SSSR count). The van der Waals surface area contributed by atoms with E-state index < -0.39 is 0 Å². The van der Waals surface area contributed by atoms with Gasteiger partial charge in [-0.25, -0.2) is 0 Å². The molecule has 1 aromatic heterocycles. The van der Waals surface area contributed by atoms with Crippen molar-refractivity contribution >= 4 is 5.91 Å². The second-order valence-corrected chi connectivity index (χ2v) is 6.62. The lowest BCUT2D eigenvalue weighted by Gasteiger charge is -2.15. The number of nitrogens with zero attached hydrogens (tertiary/aromatic N) is 3. The zero-order valence-corrected chi connectivity index (χ0v) is 15.7. The Morgan fingerprint density at radius 2 is 1.71 bits per heavy atom. The summed E-state index contributed by atoms with van der Waals surface area (Å²) in [6.45, 7) is 1.67. The van der Waals surface area contributed by atoms with E-state index in [2.05, 4.69) is 10.2 Å². The Morgan fingerprint density at radius 1 is 0.929 bits per heavy atom. The van der Waals surface area contributed by atoms with Crippen LogP contribution in [0.15, 0.2) is 60.7 Å². The number of rotatable bonds is 5. The summed E-state index contributed by atoms with van der Waals surface area (Å²) < 4.78 is 10.9. The highest BCUT2D eigenvalue weighted by molar-refractivity contribution is 5.95. The largest absolute Gasteiger partial charge is 0.497 e.